The fourth-order valence-electron chi connectivity index (χ4n) is 2.42. The van der Waals surface area contributed by atoms with Gasteiger partial charge in [0.05, 0.1) is 13.7 Å². The van der Waals surface area contributed by atoms with Gasteiger partial charge in [0.15, 0.2) is 0 Å². The number of carbonyl (C=O) groups is 1. The summed E-state index contributed by atoms with van der Waals surface area (Å²) in [7, 11) is 3.20. The topological polar surface area (TPSA) is 73.6 Å². The second-order valence-electron chi connectivity index (χ2n) is 5.26. The number of halogens is 1. The van der Waals surface area contributed by atoms with Crippen LogP contribution in [0.2, 0.25) is 0 Å². The Kier molecular flexibility index (Phi) is 6.45. The molecule has 5 nitrogen and oxygen atoms in total. The lowest BCUT2D eigenvalue weighted by Gasteiger charge is -2.20. The zero-order valence-corrected chi connectivity index (χ0v) is 13.2. The van der Waals surface area contributed by atoms with Crippen LogP contribution in [0.1, 0.15) is 18.4 Å². The summed E-state index contributed by atoms with van der Waals surface area (Å²) in [5.41, 5.74) is 6.86. The van der Waals surface area contributed by atoms with Crippen molar-refractivity contribution in [2.45, 2.75) is 24.3 Å². The lowest BCUT2D eigenvalue weighted by atomic mass is 9.94. The van der Waals surface area contributed by atoms with E-state index in [0.717, 1.165) is 24.2 Å². The van der Waals surface area contributed by atoms with Crippen molar-refractivity contribution in [3.8, 4) is 5.75 Å². The molecule has 0 bridgehead atoms. The summed E-state index contributed by atoms with van der Waals surface area (Å²) in [4.78, 5) is 11.8. The van der Waals surface area contributed by atoms with E-state index in [1.165, 1.54) is 7.11 Å². The number of nitrogens with one attached hydrogen (secondary N) is 1. The van der Waals surface area contributed by atoms with Gasteiger partial charge < -0.3 is 20.5 Å². The van der Waals surface area contributed by atoms with Gasteiger partial charge in [-0.25, -0.2) is 0 Å². The molecule has 118 valence electrons. The summed E-state index contributed by atoms with van der Waals surface area (Å²) in [6.07, 6.45) is 2.10. The zero-order chi connectivity index (χ0) is 14.6. The summed E-state index contributed by atoms with van der Waals surface area (Å²) in [5, 5.41) is 2.92. The molecule has 0 radical (unpaired) electrons. The van der Waals surface area contributed by atoms with E-state index in [1.807, 2.05) is 18.2 Å². The highest BCUT2D eigenvalue weighted by Gasteiger charge is 2.46. The lowest BCUT2D eigenvalue weighted by molar-refractivity contribution is -0.123. The van der Waals surface area contributed by atoms with Crippen molar-refractivity contribution < 1.29 is 14.3 Å². The van der Waals surface area contributed by atoms with Crippen molar-refractivity contribution in [2.75, 3.05) is 27.4 Å². The Labute approximate surface area is 131 Å². The number of nitrogens with two attached hydrogens (primary N) is 1. The molecule has 1 aromatic carbocycles. The van der Waals surface area contributed by atoms with Crippen LogP contribution in [0.25, 0.3) is 0 Å². The molecular formula is C15H23ClN2O3. The summed E-state index contributed by atoms with van der Waals surface area (Å²) < 4.78 is 10.3. The fourth-order valence-corrected chi connectivity index (χ4v) is 2.42. The van der Waals surface area contributed by atoms with E-state index in [0.29, 0.717) is 6.54 Å². The van der Waals surface area contributed by atoms with Crippen LogP contribution in [0.4, 0.5) is 0 Å². The Bertz CT molecular complexity index is 478. The second kappa shape index (κ2) is 7.64. The van der Waals surface area contributed by atoms with E-state index in [4.69, 9.17) is 15.2 Å². The third kappa shape index (κ3) is 4.09. The third-order valence-electron chi connectivity index (χ3n) is 3.82. The van der Waals surface area contributed by atoms with Crippen LogP contribution in [0.15, 0.2) is 24.3 Å². The standard InChI is InChI=1S/C15H22N2O3.ClH/c1-19-9-12(16)14(18)17-10-15(7-8-15)11-5-3-4-6-13(11)20-2;/h3-6,12H,7-10,16H2,1-2H3,(H,17,18);1H. The lowest BCUT2D eigenvalue weighted by Crippen LogP contribution is -2.45. The number of ether oxygens (including phenoxy) is 2. The van der Waals surface area contributed by atoms with Crippen molar-refractivity contribution in [3.05, 3.63) is 29.8 Å². The Morgan fingerprint density at radius 2 is 2.05 bits per heavy atom. The number of hydrogen-bond donors (Lipinski definition) is 2. The fraction of sp³-hybridized carbons (Fsp3) is 0.533. The normalized spacial score (nSPS) is 16.5. The van der Waals surface area contributed by atoms with Crippen LogP contribution in [0.5, 0.6) is 5.75 Å². The molecule has 1 atom stereocenters. The summed E-state index contributed by atoms with van der Waals surface area (Å²) >= 11 is 0. The maximum absolute atomic E-state index is 11.8. The van der Waals surface area contributed by atoms with Crippen molar-refractivity contribution in [1.82, 2.24) is 5.32 Å². The molecule has 1 unspecified atom stereocenters. The van der Waals surface area contributed by atoms with Gasteiger partial charge in [0.1, 0.15) is 11.8 Å². The minimum absolute atomic E-state index is 0. The SMILES string of the molecule is COCC(N)C(=O)NCC1(c2ccccc2OC)CC1.Cl. The molecule has 0 aliphatic heterocycles. The van der Waals surface area contributed by atoms with E-state index in [2.05, 4.69) is 11.4 Å². The first-order valence-electron chi connectivity index (χ1n) is 6.79. The van der Waals surface area contributed by atoms with Crippen LogP contribution in [-0.2, 0) is 14.9 Å². The quantitative estimate of drug-likeness (QED) is 0.794. The van der Waals surface area contributed by atoms with E-state index in [9.17, 15) is 4.79 Å². The highest BCUT2D eigenvalue weighted by Crippen LogP contribution is 2.50. The molecular weight excluding hydrogens is 292 g/mol. The van der Waals surface area contributed by atoms with E-state index >= 15 is 0 Å². The van der Waals surface area contributed by atoms with Gasteiger partial charge in [0, 0.05) is 24.6 Å². The van der Waals surface area contributed by atoms with Gasteiger partial charge in [0.2, 0.25) is 5.91 Å². The maximum atomic E-state index is 11.8. The minimum Gasteiger partial charge on any atom is -0.496 e. The number of para-hydroxylation sites is 1. The van der Waals surface area contributed by atoms with Gasteiger partial charge in [-0.15, -0.1) is 12.4 Å². The molecule has 1 aromatic rings. The van der Waals surface area contributed by atoms with Crippen LogP contribution < -0.4 is 15.8 Å². The number of methoxy groups -OCH3 is 2. The predicted octanol–water partition coefficient (Wildman–Crippen LogP) is 1.24. The van der Waals surface area contributed by atoms with Crippen molar-refractivity contribution in [2.24, 2.45) is 5.73 Å². The highest BCUT2D eigenvalue weighted by atomic mass is 35.5. The number of carbonyl (C=O) groups excluding carboxylic acids is 1. The number of rotatable bonds is 7. The monoisotopic (exact) mass is 314 g/mol. The van der Waals surface area contributed by atoms with Gasteiger partial charge in [-0.2, -0.15) is 0 Å². The Morgan fingerprint density at radius 1 is 1.38 bits per heavy atom. The largest absolute Gasteiger partial charge is 0.496 e. The predicted molar refractivity (Wildman–Crippen MR) is 84.0 cm³/mol. The maximum Gasteiger partial charge on any atom is 0.239 e. The number of benzene rings is 1. The summed E-state index contributed by atoms with van der Waals surface area (Å²) in [5.74, 6) is 0.702. The minimum atomic E-state index is -0.617. The summed E-state index contributed by atoms with van der Waals surface area (Å²) in [6.45, 7) is 0.817. The Hall–Kier alpha value is -1.30. The molecule has 0 spiro atoms. The molecule has 1 aliphatic rings. The van der Waals surface area contributed by atoms with Gasteiger partial charge in [-0.05, 0) is 18.9 Å². The summed E-state index contributed by atoms with van der Waals surface area (Å²) in [6, 6.07) is 7.34. The first-order chi connectivity index (χ1) is 9.63. The van der Waals surface area contributed by atoms with Crippen LogP contribution in [0.3, 0.4) is 0 Å². The second-order valence-corrected chi connectivity index (χ2v) is 5.26. The van der Waals surface area contributed by atoms with E-state index in [-0.39, 0.29) is 30.3 Å². The number of hydrogen-bond acceptors (Lipinski definition) is 4. The molecule has 1 saturated carbocycles. The molecule has 1 fully saturated rings. The van der Waals surface area contributed by atoms with E-state index < -0.39 is 6.04 Å². The first-order valence-corrected chi connectivity index (χ1v) is 6.79. The molecule has 6 heteroatoms. The smallest absolute Gasteiger partial charge is 0.239 e. The molecule has 21 heavy (non-hydrogen) atoms. The molecule has 3 N–H and O–H groups in total. The van der Waals surface area contributed by atoms with E-state index in [1.54, 1.807) is 7.11 Å². The first kappa shape index (κ1) is 17.8. The van der Waals surface area contributed by atoms with Crippen molar-refractivity contribution in [1.29, 1.82) is 0 Å². The van der Waals surface area contributed by atoms with Crippen LogP contribution in [0, 0.1) is 0 Å². The van der Waals surface area contributed by atoms with Gasteiger partial charge in [-0.1, -0.05) is 18.2 Å². The highest BCUT2D eigenvalue weighted by molar-refractivity contribution is 5.85. The molecule has 0 saturated heterocycles. The molecule has 2 rings (SSSR count). The molecule has 0 heterocycles. The van der Waals surface area contributed by atoms with Crippen LogP contribution in [-0.4, -0.2) is 39.3 Å². The van der Waals surface area contributed by atoms with Crippen LogP contribution >= 0.6 is 12.4 Å². The third-order valence-corrected chi connectivity index (χ3v) is 3.82. The average Bonchev–Trinajstić information content (AvgIpc) is 3.26. The Balaban J connectivity index is 0.00000220. The molecule has 0 aromatic heterocycles. The average molecular weight is 315 g/mol. The van der Waals surface area contributed by atoms with Gasteiger partial charge in [-0.3, -0.25) is 4.79 Å². The van der Waals surface area contributed by atoms with Crippen molar-refractivity contribution >= 4 is 18.3 Å². The zero-order valence-electron chi connectivity index (χ0n) is 12.4. The van der Waals surface area contributed by atoms with Gasteiger partial charge in [0.25, 0.3) is 0 Å². The van der Waals surface area contributed by atoms with Gasteiger partial charge >= 0.3 is 0 Å². The Morgan fingerprint density at radius 3 is 2.62 bits per heavy atom. The number of amides is 1. The molecule has 1 aliphatic carbocycles. The van der Waals surface area contributed by atoms with Crippen molar-refractivity contribution in [3.63, 3.8) is 0 Å². The molecule has 1 amide bonds.